The summed E-state index contributed by atoms with van der Waals surface area (Å²) in [6.45, 7) is 9.14. The third-order valence-electron chi connectivity index (χ3n) is 4.44. The highest BCUT2D eigenvalue weighted by Crippen LogP contribution is 2.20. The van der Waals surface area contributed by atoms with Crippen molar-refractivity contribution < 1.29 is 9.59 Å². The number of rotatable bonds is 2. The molecule has 1 saturated heterocycles. The zero-order chi connectivity index (χ0) is 18.0. The number of piperazine rings is 1. The average Bonchev–Trinajstić information content (AvgIpc) is 3.02. The number of amides is 3. The van der Waals surface area contributed by atoms with Gasteiger partial charge in [-0.25, -0.2) is 4.79 Å². The van der Waals surface area contributed by atoms with E-state index in [-0.39, 0.29) is 17.4 Å². The van der Waals surface area contributed by atoms with Crippen LogP contribution in [0.15, 0.2) is 30.5 Å². The van der Waals surface area contributed by atoms with Gasteiger partial charge in [-0.2, -0.15) is 0 Å². The largest absolute Gasteiger partial charge is 0.360 e. The fourth-order valence-corrected chi connectivity index (χ4v) is 2.98. The van der Waals surface area contributed by atoms with E-state index in [9.17, 15) is 9.59 Å². The van der Waals surface area contributed by atoms with E-state index in [4.69, 9.17) is 0 Å². The van der Waals surface area contributed by atoms with Gasteiger partial charge in [0.2, 0.25) is 0 Å². The Morgan fingerprint density at radius 1 is 1.08 bits per heavy atom. The van der Waals surface area contributed by atoms with Crippen molar-refractivity contribution in [3.63, 3.8) is 0 Å². The summed E-state index contributed by atoms with van der Waals surface area (Å²) in [5.41, 5.74) is 1.72. The number of hydrogen-bond donors (Lipinski definition) is 2. The second-order valence-electron chi connectivity index (χ2n) is 7.75. The Morgan fingerprint density at radius 2 is 1.72 bits per heavy atom. The highest BCUT2D eigenvalue weighted by molar-refractivity contribution is 6.06. The SMILES string of the molecule is CC(C)(C)CNC(=O)N1CCN(C(=O)c2c[nH]c3ccccc23)CC1. The zero-order valence-electron chi connectivity index (χ0n) is 15.1. The van der Waals surface area contributed by atoms with Gasteiger partial charge in [0.25, 0.3) is 5.91 Å². The maximum Gasteiger partial charge on any atom is 0.317 e. The molecule has 0 bridgehead atoms. The number of aromatic amines is 1. The smallest absolute Gasteiger partial charge is 0.317 e. The summed E-state index contributed by atoms with van der Waals surface area (Å²) in [5, 5.41) is 3.91. The number of aromatic nitrogens is 1. The van der Waals surface area contributed by atoms with Crippen molar-refractivity contribution in [2.24, 2.45) is 5.41 Å². The van der Waals surface area contributed by atoms with Crippen LogP contribution < -0.4 is 5.32 Å². The number of hydrogen-bond acceptors (Lipinski definition) is 2. The van der Waals surface area contributed by atoms with Crippen molar-refractivity contribution >= 4 is 22.8 Å². The Labute approximate surface area is 148 Å². The lowest BCUT2D eigenvalue weighted by Gasteiger charge is -2.35. The van der Waals surface area contributed by atoms with Gasteiger partial charge in [0, 0.05) is 49.8 Å². The van der Waals surface area contributed by atoms with Gasteiger partial charge in [-0.3, -0.25) is 4.79 Å². The van der Waals surface area contributed by atoms with Gasteiger partial charge in [-0.1, -0.05) is 39.0 Å². The van der Waals surface area contributed by atoms with Gasteiger partial charge in [0.05, 0.1) is 5.56 Å². The van der Waals surface area contributed by atoms with Crippen molar-refractivity contribution in [2.45, 2.75) is 20.8 Å². The molecule has 0 spiro atoms. The van der Waals surface area contributed by atoms with Gasteiger partial charge >= 0.3 is 6.03 Å². The number of H-pyrrole nitrogens is 1. The standard InChI is InChI=1S/C19H26N4O2/c1-19(2,3)13-21-18(25)23-10-8-22(9-11-23)17(24)15-12-20-16-7-5-4-6-14(15)16/h4-7,12,20H,8-11,13H2,1-3H3,(H,21,25). The van der Waals surface area contributed by atoms with Crippen LogP contribution in [0.5, 0.6) is 0 Å². The van der Waals surface area contributed by atoms with Crippen LogP contribution in [-0.2, 0) is 0 Å². The summed E-state index contributed by atoms with van der Waals surface area (Å²) >= 11 is 0. The van der Waals surface area contributed by atoms with Gasteiger partial charge in [0.15, 0.2) is 0 Å². The minimum absolute atomic E-state index is 0.0206. The first-order valence-corrected chi connectivity index (χ1v) is 8.73. The van der Waals surface area contributed by atoms with Crippen molar-refractivity contribution in [1.82, 2.24) is 20.1 Å². The molecule has 134 valence electrons. The average molecular weight is 342 g/mol. The predicted octanol–water partition coefficient (Wildman–Crippen LogP) is 2.68. The van der Waals surface area contributed by atoms with Gasteiger partial charge in [-0.15, -0.1) is 0 Å². The van der Waals surface area contributed by atoms with E-state index in [1.54, 1.807) is 11.1 Å². The van der Waals surface area contributed by atoms with Crippen molar-refractivity contribution in [3.05, 3.63) is 36.0 Å². The number of urea groups is 1. The zero-order valence-corrected chi connectivity index (χ0v) is 15.1. The highest BCUT2D eigenvalue weighted by atomic mass is 16.2. The molecule has 0 atom stereocenters. The van der Waals surface area contributed by atoms with Crippen LogP contribution >= 0.6 is 0 Å². The lowest BCUT2D eigenvalue weighted by Crippen LogP contribution is -2.53. The molecule has 25 heavy (non-hydrogen) atoms. The first-order chi connectivity index (χ1) is 11.8. The quantitative estimate of drug-likeness (QED) is 0.881. The maximum absolute atomic E-state index is 12.8. The molecular formula is C19H26N4O2. The van der Waals surface area contributed by atoms with E-state index in [2.05, 4.69) is 31.1 Å². The molecule has 0 saturated carbocycles. The van der Waals surface area contributed by atoms with E-state index < -0.39 is 0 Å². The van der Waals surface area contributed by atoms with Crippen LogP contribution in [0.1, 0.15) is 31.1 Å². The summed E-state index contributed by atoms with van der Waals surface area (Å²) in [6, 6.07) is 7.75. The van der Waals surface area contributed by atoms with Crippen LogP contribution in [0.3, 0.4) is 0 Å². The highest BCUT2D eigenvalue weighted by Gasteiger charge is 2.26. The number of para-hydroxylation sites is 1. The van der Waals surface area contributed by atoms with Gasteiger partial charge in [-0.05, 0) is 11.5 Å². The van der Waals surface area contributed by atoms with Crippen LogP contribution in [0.2, 0.25) is 0 Å². The molecule has 3 amide bonds. The van der Waals surface area contributed by atoms with Crippen LogP contribution in [0.25, 0.3) is 10.9 Å². The topological polar surface area (TPSA) is 68.4 Å². The molecule has 1 aliphatic rings. The number of fused-ring (bicyclic) bond motifs is 1. The van der Waals surface area contributed by atoms with Gasteiger partial charge < -0.3 is 20.1 Å². The molecule has 2 aromatic rings. The predicted molar refractivity (Wildman–Crippen MR) is 98.6 cm³/mol. The van der Waals surface area contributed by atoms with E-state index in [1.165, 1.54) is 0 Å². The third-order valence-corrected chi connectivity index (χ3v) is 4.44. The molecule has 0 aliphatic carbocycles. The molecule has 1 aromatic carbocycles. The Bertz CT molecular complexity index is 767. The molecule has 3 rings (SSSR count). The third kappa shape index (κ3) is 3.95. The maximum atomic E-state index is 12.8. The summed E-state index contributed by atoms with van der Waals surface area (Å²) in [6.07, 6.45) is 1.77. The van der Waals surface area contributed by atoms with Crippen molar-refractivity contribution in [3.8, 4) is 0 Å². The van der Waals surface area contributed by atoms with Crippen molar-refractivity contribution in [2.75, 3.05) is 32.7 Å². The number of carbonyl (C=O) groups excluding carboxylic acids is 2. The first kappa shape index (κ1) is 17.3. The molecule has 0 radical (unpaired) electrons. The second kappa shape index (κ2) is 6.78. The lowest BCUT2D eigenvalue weighted by molar-refractivity contribution is 0.0666. The van der Waals surface area contributed by atoms with Crippen molar-refractivity contribution in [1.29, 1.82) is 0 Å². The number of nitrogens with zero attached hydrogens (tertiary/aromatic N) is 2. The normalized spacial score (nSPS) is 15.5. The Balaban J connectivity index is 1.59. The Kier molecular flexibility index (Phi) is 4.70. The summed E-state index contributed by atoms with van der Waals surface area (Å²) < 4.78 is 0. The number of benzene rings is 1. The fourth-order valence-electron chi connectivity index (χ4n) is 2.98. The number of carbonyl (C=O) groups is 2. The minimum atomic E-state index is -0.0471. The van der Waals surface area contributed by atoms with E-state index >= 15 is 0 Å². The summed E-state index contributed by atoms with van der Waals surface area (Å²) in [7, 11) is 0. The first-order valence-electron chi connectivity index (χ1n) is 8.73. The monoisotopic (exact) mass is 342 g/mol. The molecule has 2 N–H and O–H groups in total. The minimum Gasteiger partial charge on any atom is -0.360 e. The fraction of sp³-hybridized carbons (Fsp3) is 0.474. The molecule has 1 fully saturated rings. The van der Waals surface area contributed by atoms with Crippen LogP contribution in [-0.4, -0.2) is 59.4 Å². The molecular weight excluding hydrogens is 316 g/mol. The van der Waals surface area contributed by atoms with E-state index in [0.29, 0.717) is 38.3 Å². The molecule has 2 heterocycles. The Hall–Kier alpha value is -2.50. The van der Waals surface area contributed by atoms with Crippen LogP contribution in [0, 0.1) is 5.41 Å². The molecule has 1 aliphatic heterocycles. The Morgan fingerprint density at radius 3 is 2.40 bits per heavy atom. The van der Waals surface area contributed by atoms with Crippen LogP contribution in [0.4, 0.5) is 4.79 Å². The molecule has 6 nitrogen and oxygen atoms in total. The number of nitrogens with one attached hydrogen (secondary N) is 2. The van der Waals surface area contributed by atoms with E-state index in [1.807, 2.05) is 29.2 Å². The lowest BCUT2D eigenvalue weighted by atomic mass is 9.97. The molecule has 6 heteroatoms. The molecule has 1 aromatic heterocycles. The summed E-state index contributed by atoms with van der Waals surface area (Å²) in [5.74, 6) is 0.0206. The second-order valence-corrected chi connectivity index (χ2v) is 7.75. The molecule has 0 unspecified atom stereocenters. The summed E-state index contributed by atoms with van der Waals surface area (Å²) in [4.78, 5) is 31.8. The van der Waals surface area contributed by atoms with Gasteiger partial charge in [0.1, 0.15) is 0 Å². The van der Waals surface area contributed by atoms with E-state index in [0.717, 1.165) is 10.9 Å².